The molecule has 0 fully saturated rings. The number of aryl methyl sites for hydroxylation is 4. The van der Waals surface area contributed by atoms with Crippen LogP contribution in [0.15, 0.2) is 59.8 Å². The highest BCUT2D eigenvalue weighted by Gasteiger charge is 2.21. The van der Waals surface area contributed by atoms with Crippen molar-refractivity contribution in [2.45, 2.75) is 45.0 Å². The molecule has 0 atom stereocenters. The molecule has 2 aromatic carbocycles. The van der Waals surface area contributed by atoms with Crippen molar-refractivity contribution in [3.8, 4) is 5.69 Å². The molecule has 0 aliphatic carbocycles. The van der Waals surface area contributed by atoms with Crippen LogP contribution in [-0.4, -0.2) is 30.9 Å². The second-order valence-corrected chi connectivity index (χ2v) is 8.80. The van der Waals surface area contributed by atoms with Crippen LogP contribution in [-0.2, 0) is 12.2 Å². The Hall–Kier alpha value is -3.52. The number of carbonyl (C=O) groups excluding carboxylic acids is 1. The fourth-order valence-corrected chi connectivity index (χ4v) is 4.35. The van der Waals surface area contributed by atoms with Crippen LogP contribution >= 0.6 is 11.8 Å². The van der Waals surface area contributed by atoms with Crippen LogP contribution in [0.1, 0.15) is 45.6 Å². The third-order valence-electron chi connectivity index (χ3n) is 5.18. The van der Waals surface area contributed by atoms with Crippen molar-refractivity contribution in [2.24, 2.45) is 0 Å². The van der Waals surface area contributed by atoms with E-state index in [1.54, 1.807) is 4.68 Å². The smallest absolute Gasteiger partial charge is 0.278 e. The van der Waals surface area contributed by atoms with E-state index >= 15 is 0 Å². The third-order valence-corrected chi connectivity index (χ3v) is 6.04. The fourth-order valence-electron chi connectivity index (χ4n) is 3.41. The number of nitrogens with one attached hydrogen (secondary N) is 1. The number of benzene rings is 2. The summed E-state index contributed by atoms with van der Waals surface area (Å²) in [6.45, 7) is 8.02. The van der Waals surface area contributed by atoms with Gasteiger partial charge in [-0.15, -0.1) is 5.10 Å². The Labute approximate surface area is 197 Å². The van der Waals surface area contributed by atoms with E-state index in [1.807, 2.05) is 75.4 Å². The molecule has 1 N–H and O–H groups in total. The number of rotatable bonds is 7. The van der Waals surface area contributed by atoms with Crippen LogP contribution in [0.25, 0.3) is 5.69 Å². The molecule has 0 saturated heterocycles. The van der Waals surface area contributed by atoms with Gasteiger partial charge in [0.25, 0.3) is 5.91 Å². The summed E-state index contributed by atoms with van der Waals surface area (Å²) in [4.78, 5) is 22.2. The van der Waals surface area contributed by atoms with Crippen LogP contribution in [0.3, 0.4) is 0 Å². The molecule has 1 amide bonds. The number of carbonyl (C=O) groups is 1. The monoisotopic (exact) mass is 458 g/mol. The lowest BCUT2D eigenvalue weighted by atomic mass is 10.1. The number of amides is 1. The van der Waals surface area contributed by atoms with E-state index in [9.17, 15) is 4.79 Å². The van der Waals surface area contributed by atoms with Crippen molar-refractivity contribution >= 4 is 23.4 Å². The summed E-state index contributed by atoms with van der Waals surface area (Å²) < 4.78 is 1.71. The number of anilines is 1. The van der Waals surface area contributed by atoms with Crippen LogP contribution in [0.4, 0.5) is 5.69 Å². The average Bonchev–Trinajstić information content (AvgIpc) is 3.22. The fraction of sp³-hybridized carbons (Fsp3) is 0.240. The van der Waals surface area contributed by atoms with Gasteiger partial charge in [-0.05, 0) is 63.1 Å². The quantitative estimate of drug-likeness (QED) is 0.307. The van der Waals surface area contributed by atoms with E-state index < -0.39 is 0 Å². The van der Waals surface area contributed by atoms with Crippen molar-refractivity contribution in [2.75, 3.05) is 5.32 Å². The highest BCUT2D eigenvalue weighted by atomic mass is 32.2. The lowest BCUT2D eigenvalue weighted by Gasteiger charge is -2.09. The molecule has 7 nitrogen and oxygen atoms in total. The normalized spacial score (nSPS) is 10.9. The maximum absolute atomic E-state index is 13.1. The Balaban J connectivity index is 1.65. The predicted molar refractivity (Wildman–Crippen MR) is 131 cm³/mol. The molecule has 0 aliphatic heterocycles. The van der Waals surface area contributed by atoms with Crippen LogP contribution in [0.2, 0.25) is 0 Å². The van der Waals surface area contributed by atoms with Crippen LogP contribution < -0.4 is 5.32 Å². The van der Waals surface area contributed by atoms with Crippen molar-refractivity contribution in [3.05, 3.63) is 88.5 Å². The first kappa shape index (κ1) is 22.7. The molecule has 0 unspecified atom stereocenters. The Bertz CT molecular complexity index is 1250. The molecule has 8 heteroatoms. The third kappa shape index (κ3) is 5.46. The molecule has 2 heterocycles. The summed E-state index contributed by atoms with van der Waals surface area (Å²) in [6.07, 6.45) is 0.945. The van der Waals surface area contributed by atoms with Crippen LogP contribution in [0.5, 0.6) is 0 Å². The van der Waals surface area contributed by atoms with Gasteiger partial charge in [0.1, 0.15) is 0 Å². The van der Waals surface area contributed by atoms with E-state index in [-0.39, 0.29) is 11.6 Å². The zero-order chi connectivity index (χ0) is 23.4. The van der Waals surface area contributed by atoms with Gasteiger partial charge >= 0.3 is 0 Å². The zero-order valence-corrected chi connectivity index (χ0v) is 20.0. The largest absolute Gasteiger partial charge is 0.321 e. The molecule has 0 aliphatic rings. The Morgan fingerprint density at radius 2 is 1.64 bits per heavy atom. The topological polar surface area (TPSA) is 85.6 Å². The van der Waals surface area contributed by atoms with Gasteiger partial charge < -0.3 is 5.32 Å². The summed E-state index contributed by atoms with van der Waals surface area (Å²) in [5.41, 5.74) is 6.71. The minimum absolute atomic E-state index is 0.284. The van der Waals surface area contributed by atoms with Crippen molar-refractivity contribution < 1.29 is 4.79 Å². The zero-order valence-electron chi connectivity index (χ0n) is 19.2. The van der Waals surface area contributed by atoms with Gasteiger partial charge in [0, 0.05) is 22.8 Å². The highest BCUT2D eigenvalue weighted by molar-refractivity contribution is 7.98. The highest BCUT2D eigenvalue weighted by Crippen LogP contribution is 2.24. The maximum atomic E-state index is 13.1. The van der Waals surface area contributed by atoms with E-state index in [0.29, 0.717) is 16.6 Å². The lowest BCUT2D eigenvalue weighted by molar-refractivity contribution is 0.102. The first-order chi connectivity index (χ1) is 15.9. The molecule has 168 valence electrons. The minimum atomic E-state index is -0.297. The molecule has 0 bridgehead atoms. The first-order valence-electron chi connectivity index (χ1n) is 10.8. The van der Waals surface area contributed by atoms with Gasteiger partial charge in [0.2, 0.25) is 0 Å². The summed E-state index contributed by atoms with van der Waals surface area (Å²) >= 11 is 1.46. The van der Waals surface area contributed by atoms with Crippen molar-refractivity contribution in [1.82, 2.24) is 25.0 Å². The summed E-state index contributed by atoms with van der Waals surface area (Å²) in [7, 11) is 0. The summed E-state index contributed by atoms with van der Waals surface area (Å²) in [5, 5.41) is 12.1. The summed E-state index contributed by atoms with van der Waals surface area (Å²) in [6, 6.07) is 17.7. The van der Waals surface area contributed by atoms with Crippen molar-refractivity contribution in [1.29, 1.82) is 0 Å². The van der Waals surface area contributed by atoms with Gasteiger partial charge in [0.15, 0.2) is 10.9 Å². The van der Waals surface area contributed by atoms with Gasteiger partial charge in [-0.2, -0.15) is 0 Å². The number of nitrogens with zero attached hydrogens (tertiary/aromatic N) is 5. The van der Waals surface area contributed by atoms with E-state index in [2.05, 4.69) is 32.5 Å². The Morgan fingerprint density at radius 3 is 2.27 bits per heavy atom. The Kier molecular flexibility index (Phi) is 6.84. The minimum Gasteiger partial charge on any atom is -0.321 e. The maximum Gasteiger partial charge on any atom is 0.278 e. The van der Waals surface area contributed by atoms with E-state index in [0.717, 1.165) is 34.7 Å². The van der Waals surface area contributed by atoms with Gasteiger partial charge in [-0.25, -0.2) is 14.6 Å². The molecular weight excluding hydrogens is 432 g/mol. The summed E-state index contributed by atoms with van der Waals surface area (Å²) in [5.74, 6) is 0.149. The molecule has 4 aromatic rings. The van der Waals surface area contributed by atoms with Crippen molar-refractivity contribution in [3.63, 3.8) is 0 Å². The second kappa shape index (κ2) is 9.95. The Morgan fingerprint density at radius 1 is 0.970 bits per heavy atom. The molecular formula is C25H26N6OS. The SMILES string of the molecule is CCc1ccc(NC(=O)c2nnn(-c3ccc(C)cc3)c2CSc2nc(C)cc(C)n2)cc1. The molecule has 33 heavy (non-hydrogen) atoms. The van der Waals surface area contributed by atoms with Gasteiger partial charge in [0.05, 0.1) is 11.4 Å². The standard InChI is InChI=1S/C25H26N6OS/c1-5-19-8-10-20(11-9-19)28-24(32)23-22(15-33-25-26-17(3)14-18(4)27-25)31(30-29-23)21-12-6-16(2)7-13-21/h6-14H,5,15H2,1-4H3,(H,28,32). The molecule has 2 aromatic heterocycles. The molecule has 0 spiro atoms. The van der Waals surface area contributed by atoms with Gasteiger partial charge in [-0.1, -0.05) is 53.7 Å². The molecule has 0 saturated carbocycles. The number of aromatic nitrogens is 5. The second-order valence-electron chi connectivity index (χ2n) is 7.86. The number of hydrogen-bond donors (Lipinski definition) is 1. The average molecular weight is 459 g/mol. The van der Waals surface area contributed by atoms with E-state index in [1.165, 1.54) is 17.3 Å². The lowest BCUT2D eigenvalue weighted by Crippen LogP contribution is -2.15. The van der Waals surface area contributed by atoms with Crippen LogP contribution in [0, 0.1) is 20.8 Å². The molecule has 0 radical (unpaired) electrons. The van der Waals surface area contributed by atoms with E-state index in [4.69, 9.17) is 0 Å². The number of thioether (sulfide) groups is 1. The van der Waals surface area contributed by atoms with Gasteiger partial charge in [-0.3, -0.25) is 4.79 Å². The number of hydrogen-bond acceptors (Lipinski definition) is 6. The molecule has 4 rings (SSSR count). The first-order valence-corrected chi connectivity index (χ1v) is 11.8. The predicted octanol–water partition coefficient (Wildman–Crippen LogP) is 5.09.